The summed E-state index contributed by atoms with van der Waals surface area (Å²) in [6.45, 7) is 4.54. The molecule has 3 rings (SSSR count). The Morgan fingerprint density at radius 3 is 2.56 bits per heavy atom. The molecule has 1 aromatic carbocycles. The van der Waals surface area contributed by atoms with Crippen molar-refractivity contribution in [1.29, 1.82) is 0 Å². The normalized spacial score (nSPS) is 16.0. The number of rotatable bonds is 8. The Morgan fingerprint density at radius 2 is 1.96 bits per heavy atom. The van der Waals surface area contributed by atoms with Crippen LogP contribution in [0.2, 0.25) is 0 Å². The minimum Gasteiger partial charge on any atom is -0.486 e. The third-order valence-electron chi connectivity index (χ3n) is 4.76. The molecule has 0 bridgehead atoms. The maximum Gasteiger partial charge on any atom is 0.243 e. The second kappa shape index (κ2) is 8.81. The Morgan fingerprint density at radius 1 is 1.26 bits per heavy atom. The fourth-order valence-corrected chi connectivity index (χ4v) is 5.03. The zero-order valence-electron chi connectivity index (χ0n) is 15.8. The summed E-state index contributed by atoms with van der Waals surface area (Å²) in [6.07, 6.45) is 3.95. The first-order valence-electron chi connectivity index (χ1n) is 9.30. The first-order valence-corrected chi connectivity index (χ1v) is 10.7. The molecule has 27 heavy (non-hydrogen) atoms. The van der Waals surface area contributed by atoms with Crippen LogP contribution in [0.1, 0.15) is 32.0 Å². The van der Waals surface area contributed by atoms with Gasteiger partial charge in [0.15, 0.2) is 5.82 Å². The topological polar surface area (TPSA) is 89.3 Å². The van der Waals surface area contributed by atoms with Gasteiger partial charge in [-0.05, 0) is 56.6 Å². The molecule has 0 unspecified atom stereocenters. The minimum atomic E-state index is -3.52. The van der Waals surface area contributed by atoms with Crippen LogP contribution in [0.15, 0.2) is 35.5 Å². The van der Waals surface area contributed by atoms with Gasteiger partial charge in [0.05, 0.1) is 4.90 Å². The molecule has 1 fully saturated rings. The summed E-state index contributed by atoms with van der Waals surface area (Å²) in [6, 6.07) is 6.67. The minimum absolute atomic E-state index is 0.0584. The fraction of sp³-hybridized carbons (Fsp3) is 0.556. The monoisotopic (exact) mass is 393 g/mol. The van der Waals surface area contributed by atoms with Crippen molar-refractivity contribution in [2.24, 2.45) is 7.05 Å². The predicted molar refractivity (Wildman–Crippen MR) is 102 cm³/mol. The van der Waals surface area contributed by atoms with Crippen molar-refractivity contribution < 1.29 is 13.2 Å². The summed E-state index contributed by atoms with van der Waals surface area (Å²) in [5, 5.41) is 7.28. The standard InChI is InChI=1S/C18H27N5O3S/c1-3-12-23(15-8-10-19-11-9-15)27(24,25)17-6-4-16(5-7-17)26-13-18-20-14-21-22(18)2/h4-7,14-15,19H,3,8-13H2,1-2H3. The van der Waals surface area contributed by atoms with Gasteiger partial charge in [0.1, 0.15) is 18.7 Å². The number of benzene rings is 1. The quantitative estimate of drug-likeness (QED) is 0.732. The van der Waals surface area contributed by atoms with Crippen LogP contribution in [0.5, 0.6) is 5.75 Å². The van der Waals surface area contributed by atoms with Gasteiger partial charge in [-0.3, -0.25) is 4.68 Å². The van der Waals surface area contributed by atoms with Gasteiger partial charge >= 0.3 is 0 Å². The van der Waals surface area contributed by atoms with Gasteiger partial charge in [0, 0.05) is 19.6 Å². The highest BCUT2D eigenvalue weighted by Gasteiger charge is 2.31. The number of nitrogens with zero attached hydrogens (tertiary/aromatic N) is 4. The van der Waals surface area contributed by atoms with Crippen molar-refractivity contribution in [2.45, 2.75) is 43.7 Å². The lowest BCUT2D eigenvalue weighted by molar-refractivity contribution is 0.262. The summed E-state index contributed by atoms with van der Waals surface area (Å²) in [5.41, 5.74) is 0. The average Bonchev–Trinajstić information content (AvgIpc) is 3.10. The lowest BCUT2D eigenvalue weighted by Crippen LogP contribution is -2.46. The number of piperidine rings is 1. The number of ether oxygens (including phenoxy) is 1. The summed E-state index contributed by atoms with van der Waals surface area (Å²) in [7, 11) is -1.72. The SMILES string of the molecule is CCCN(C1CCNCC1)S(=O)(=O)c1ccc(OCc2ncnn2C)cc1. The molecule has 1 aromatic heterocycles. The number of hydrogen-bond acceptors (Lipinski definition) is 6. The van der Waals surface area contributed by atoms with Crippen LogP contribution in [0.25, 0.3) is 0 Å². The van der Waals surface area contributed by atoms with Crippen LogP contribution in [-0.4, -0.2) is 53.2 Å². The Bertz CT molecular complexity index is 829. The van der Waals surface area contributed by atoms with E-state index in [1.807, 2.05) is 6.92 Å². The molecular weight excluding hydrogens is 366 g/mol. The number of aryl methyl sites for hydroxylation is 1. The summed E-state index contributed by atoms with van der Waals surface area (Å²) in [4.78, 5) is 4.41. The lowest BCUT2D eigenvalue weighted by Gasteiger charge is -2.33. The molecule has 148 valence electrons. The highest BCUT2D eigenvalue weighted by molar-refractivity contribution is 7.89. The molecule has 8 nitrogen and oxygen atoms in total. The van der Waals surface area contributed by atoms with Crippen LogP contribution in [0.3, 0.4) is 0 Å². The molecule has 1 aliphatic heterocycles. The molecule has 2 aromatic rings. The zero-order chi connectivity index (χ0) is 19.3. The molecule has 2 heterocycles. The molecule has 1 aliphatic rings. The van der Waals surface area contributed by atoms with E-state index < -0.39 is 10.0 Å². The number of nitrogens with one attached hydrogen (secondary N) is 1. The van der Waals surface area contributed by atoms with E-state index in [-0.39, 0.29) is 12.6 Å². The molecule has 0 radical (unpaired) electrons. The van der Waals surface area contributed by atoms with Crippen LogP contribution >= 0.6 is 0 Å². The van der Waals surface area contributed by atoms with Gasteiger partial charge in [-0.2, -0.15) is 9.40 Å². The third kappa shape index (κ3) is 4.66. The molecule has 9 heteroatoms. The smallest absolute Gasteiger partial charge is 0.243 e. The largest absolute Gasteiger partial charge is 0.486 e. The van der Waals surface area contributed by atoms with E-state index in [9.17, 15) is 8.42 Å². The van der Waals surface area contributed by atoms with E-state index >= 15 is 0 Å². The van der Waals surface area contributed by atoms with E-state index in [0.717, 1.165) is 32.4 Å². The number of sulfonamides is 1. The Hall–Kier alpha value is -1.97. The maximum atomic E-state index is 13.2. The van der Waals surface area contributed by atoms with E-state index in [2.05, 4.69) is 15.4 Å². The maximum absolute atomic E-state index is 13.2. The highest BCUT2D eigenvalue weighted by Crippen LogP contribution is 2.25. The van der Waals surface area contributed by atoms with E-state index in [1.165, 1.54) is 6.33 Å². The van der Waals surface area contributed by atoms with Crippen LogP contribution in [0.4, 0.5) is 0 Å². The molecule has 0 atom stereocenters. The predicted octanol–water partition coefficient (Wildman–Crippen LogP) is 1.55. The molecule has 0 spiro atoms. The molecule has 0 aliphatic carbocycles. The second-order valence-corrected chi connectivity index (χ2v) is 8.55. The van der Waals surface area contributed by atoms with E-state index in [4.69, 9.17) is 4.74 Å². The molecule has 0 amide bonds. The van der Waals surface area contributed by atoms with Crippen molar-refractivity contribution in [2.75, 3.05) is 19.6 Å². The number of aromatic nitrogens is 3. The lowest BCUT2D eigenvalue weighted by atomic mass is 10.1. The Balaban J connectivity index is 1.72. The molecule has 1 N–H and O–H groups in total. The summed E-state index contributed by atoms with van der Waals surface area (Å²) < 4.78 is 35.3. The van der Waals surface area contributed by atoms with Crippen LogP contribution < -0.4 is 10.1 Å². The van der Waals surface area contributed by atoms with Gasteiger partial charge in [0.2, 0.25) is 10.0 Å². The molecule has 0 saturated carbocycles. The van der Waals surface area contributed by atoms with Crippen molar-refractivity contribution >= 4 is 10.0 Å². The summed E-state index contributed by atoms with van der Waals surface area (Å²) in [5.74, 6) is 1.30. The first-order chi connectivity index (χ1) is 13.0. The van der Waals surface area contributed by atoms with Gasteiger partial charge < -0.3 is 10.1 Å². The number of hydrogen-bond donors (Lipinski definition) is 1. The van der Waals surface area contributed by atoms with Crippen molar-refractivity contribution in [1.82, 2.24) is 24.4 Å². The second-order valence-electron chi connectivity index (χ2n) is 6.66. The highest BCUT2D eigenvalue weighted by atomic mass is 32.2. The van der Waals surface area contributed by atoms with E-state index in [1.54, 1.807) is 40.3 Å². The third-order valence-corrected chi connectivity index (χ3v) is 6.73. The van der Waals surface area contributed by atoms with Gasteiger partial charge in [-0.1, -0.05) is 6.92 Å². The Kier molecular flexibility index (Phi) is 6.46. The summed E-state index contributed by atoms with van der Waals surface area (Å²) >= 11 is 0. The molecular formula is C18H27N5O3S. The first kappa shape index (κ1) is 19.8. The zero-order valence-corrected chi connectivity index (χ0v) is 16.7. The van der Waals surface area contributed by atoms with Crippen molar-refractivity contribution in [3.05, 3.63) is 36.4 Å². The van der Waals surface area contributed by atoms with Gasteiger partial charge in [-0.15, -0.1) is 0 Å². The Labute approximate surface area is 160 Å². The average molecular weight is 394 g/mol. The van der Waals surface area contributed by atoms with Crippen LogP contribution in [-0.2, 0) is 23.7 Å². The fourth-order valence-electron chi connectivity index (χ4n) is 3.26. The van der Waals surface area contributed by atoms with Gasteiger partial charge in [0.25, 0.3) is 0 Å². The van der Waals surface area contributed by atoms with Crippen molar-refractivity contribution in [3.8, 4) is 5.75 Å². The van der Waals surface area contributed by atoms with Crippen LogP contribution in [0, 0.1) is 0 Å². The van der Waals surface area contributed by atoms with Gasteiger partial charge in [-0.25, -0.2) is 13.4 Å². The van der Waals surface area contributed by atoms with E-state index in [0.29, 0.717) is 23.0 Å². The van der Waals surface area contributed by atoms with Crippen molar-refractivity contribution in [3.63, 3.8) is 0 Å². The molecule has 1 saturated heterocycles.